The van der Waals surface area contributed by atoms with Gasteiger partial charge in [0.15, 0.2) is 0 Å². The second kappa shape index (κ2) is 5.62. The SMILES string of the molecule is CC1(C)[I-]N(C=O)C2CC(CC3C=CC=CC3)C=NC21. The van der Waals surface area contributed by atoms with Crippen LogP contribution in [0.1, 0.15) is 33.1 Å². The number of amides is 1. The molecule has 4 atom stereocenters. The molecule has 1 amide bonds. The van der Waals surface area contributed by atoms with Gasteiger partial charge in [0.2, 0.25) is 0 Å². The third-order valence-electron chi connectivity index (χ3n) is 4.48. The van der Waals surface area contributed by atoms with Crippen molar-refractivity contribution in [1.29, 1.82) is 0 Å². The maximum atomic E-state index is 11.3. The number of nitrogens with zero attached hydrogens (tertiary/aromatic N) is 2. The van der Waals surface area contributed by atoms with E-state index in [2.05, 4.69) is 47.5 Å². The number of alkyl halides is 1. The van der Waals surface area contributed by atoms with Crippen molar-refractivity contribution in [3.05, 3.63) is 24.3 Å². The van der Waals surface area contributed by atoms with Crippen molar-refractivity contribution in [2.24, 2.45) is 16.8 Å². The number of carbonyl (C=O) groups is 1. The normalized spacial score (nSPS) is 38.4. The van der Waals surface area contributed by atoms with E-state index in [1.807, 2.05) is 0 Å². The van der Waals surface area contributed by atoms with Gasteiger partial charge in [0.1, 0.15) is 0 Å². The van der Waals surface area contributed by atoms with E-state index in [1.54, 1.807) is 0 Å². The topological polar surface area (TPSA) is 32.7 Å². The Hall–Kier alpha value is -0.650. The molecule has 0 bridgehead atoms. The summed E-state index contributed by atoms with van der Waals surface area (Å²) in [5.74, 6) is 1.17. The van der Waals surface area contributed by atoms with Crippen molar-refractivity contribution in [3.63, 3.8) is 0 Å². The van der Waals surface area contributed by atoms with Crippen LogP contribution in [0.4, 0.5) is 0 Å². The molecule has 0 radical (unpaired) electrons. The Balaban J connectivity index is 1.69. The molecule has 3 aliphatic rings. The van der Waals surface area contributed by atoms with Gasteiger partial charge in [-0.3, -0.25) is 0 Å². The van der Waals surface area contributed by atoms with E-state index in [1.165, 1.54) is 6.42 Å². The molecule has 2 aliphatic heterocycles. The minimum absolute atomic E-state index is 0.222. The zero-order chi connectivity index (χ0) is 14.2. The summed E-state index contributed by atoms with van der Waals surface area (Å²) in [4.78, 5) is 16.2. The number of aliphatic imine (C=N–C) groups is 1. The van der Waals surface area contributed by atoms with Gasteiger partial charge in [0.25, 0.3) is 0 Å². The first-order chi connectivity index (χ1) is 9.60. The molecular formula is C16H22IN2O-. The van der Waals surface area contributed by atoms with Gasteiger partial charge in [-0.1, -0.05) is 0 Å². The number of fused-ring (bicyclic) bond motifs is 1. The molecular weight excluding hydrogens is 363 g/mol. The predicted octanol–water partition coefficient (Wildman–Crippen LogP) is -0.409. The van der Waals surface area contributed by atoms with Crippen molar-refractivity contribution >= 4 is 12.6 Å². The van der Waals surface area contributed by atoms with E-state index in [0.29, 0.717) is 23.9 Å². The molecule has 0 spiro atoms. The van der Waals surface area contributed by atoms with Gasteiger partial charge >= 0.3 is 132 Å². The molecule has 0 aromatic carbocycles. The average molecular weight is 385 g/mol. The van der Waals surface area contributed by atoms with E-state index in [4.69, 9.17) is 4.99 Å². The van der Waals surface area contributed by atoms with Crippen LogP contribution in [0.2, 0.25) is 0 Å². The Labute approximate surface area is 131 Å². The summed E-state index contributed by atoms with van der Waals surface area (Å²) in [7, 11) is 0. The van der Waals surface area contributed by atoms with Crippen LogP contribution in [0.15, 0.2) is 29.3 Å². The first-order valence-corrected chi connectivity index (χ1v) is 9.41. The van der Waals surface area contributed by atoms with Crippen molar-refractivity contribution in [1.82, 2.24) is 3.11 Å². The number of rotatable bonds is 3. The number of halogens is 1. The molecule has 110 valence electrons. The van der Waals surface area contributed by atoms with Crippen LogP contribution >= 0.6 is 0 Å². The zero-order valence-electron chi connectivity index (χ0n) is 12.1. The Bertz CT molecular complexity index is 469. The Morgan fingerprint density at radius 1 is 1.40 bits per heavy atom. The third-order valence-corrected chi connectivity index (χ3v) is 7.86. The molecule has 3 rings (SSSR count). The van der Waals surface area contributed by atoms with Gasteiger partial charge in [-0.25, -0.2) is 0 Å². The molecule has 1 aliphatic carbocycles. The van der Waals surface area contributed by atoms with Crippen LogP contribution in [0, 0.1) is 11.8 Å². The molecule has 3 nitrogen and oxygen atoms in total. The van der Waals surface area contributed by atoms with Crippen LogP contribution in [0.25, 0.3) is 0 Å². The summed E-state index contributed by atoms with van der Waals surface area (Å²) in [6.07, 6.45) is 15.5. The summed E-state index contributed by atoms with van der Waals surface area (Å²) in [5, 5.41) is 0. The van der Waals surface area contributed by atoms with Crippen LogP contribution < -0.4 is 21.5 Å². The van der Waals surface area contributed by atoms with Crippen molar-refractivity contribution in [3.8, 4) is 0 Å². The van der Waals surface area contributed by atoms with Gasteiger partial charge in [-0.2, -0.15) is 0 Å². The summed E-state index contributed by atoms with van der Waals surface area (Å²) in [6.45, 7) is 4.54. The molecule has 2 heterocycles. The summed E-state index contributed by atoms with van der Waals surface area (Å²) in [5.41, 5.74) is 0. The Kier molecular flexibility index (Phi) is 4.02. The van der Waals surface area contributed by atoms with Gasteiger partial charge in [-0.05, 0) is 0 Å². The molecule has 0 N–H and O–H groups in total. The number of allylic oxidation sites excluding steroid dienone is 4. The minimum atomic E-state index is -0.237. The standard InChI is InChI=1S/C16H22IN2O/c1-16(2)15-14(19(11-20)17-16)9-13(10-18-15)8-12-6-4-3-5-7-12/h3-6,10-15H,7-9H2,1-2H3/q-1. The number of hydrogen-bond donors (Lipinski definition) is 0. The molecule has 0 saturated carbocycles. The average Bonchev–Trinajstić information content (AvgIpc) is 2.71. The van der Waals surface area contributed by atoms with Crippen LogP contribution in [0.5, 0.6) is 0 Å². The first-order valence-electron chi connectivity index (χ1n) is 7.36. The van der Waals surface area contributed by atoms with Crippen molar-refractivity contribution in [2.75, 3.05) is 0 Å². The fourth-order valence-corrected chi connectivity index (χ4v) is 6.80. The van der Waals surface area contributed by atoms with E-state index in [0.717, 1.165) is 19.3 Å². The Morgan fingerprint density at radius 3 is 2.95 bits per heavy atom. The zero-order valence-corrected chi connectivity index (χ0v) is 14.2. The van der Waals surface area contributed by atoms with Gasteiger partial charge in [0, 0.05) is 0 Å². The molecule has 0 aromatic rings. The third kappa shape index (κ3) is 2.71. The quantitative estimate of drug-likeness (QED) is 0.282. The Morgan fingerprint density at radius 2 is 2.25 bits per heavy atom. The monoisotopic (exact) mass is 385 g/mol. The molecule has 4 unspecified atom stereocenters. The van der Waals surface area contributed by atoms with Crippen molar-refractivity contribution in [2.45, 2.75) is 48.6 Å². The van der Waals surface area contributed by atoms with E-state index < -0.39 is 0 Å². The van der Waals surface area contributed by atoms with Gasteiger partial charge in [0.05, 0.1) is 0 Å². The van der Waals surface area contributed by atoms with E-state index in [9.17, 15) is 4.79 Å². The first kappa shape index (κ1) is 14.3. The number of carbonyl (C=O) groups excluding carboxylic acids is 1. The number of hydrogen-bond acceptors (Lipinski definition) is 2. The van der Waals surface area contributed by atoms with Crippen molar-refractivity contribution < 1.29 is 26.3 Å². The molecule has 1 saturated heterocycles. The molecule has 1 fully saturated rings. The summed E-state index contributed by atoms with van der Waals surface area (Å²) in [6, 6.07) is 0.687. The molecule has 0 aromatic heterocycles. The van der Waals surface area contributed by atoms with E-state index in [-0.39, 0.29) is 24.9 Å². The maximum absolute atomic E-state index is 11.3. The molecule has 20 heavy (non-hydrogen) atoms. The predicted molar refractivity (Wildman–Crippen MR) is 77.2 cm³/mol. The van der Waals surface area contributed by atoms with Gasteiger partial charge in [-0.15, -0.1) is 0 Å². The van der Waals surface area contributed by atoms with Crippen LogP contribution in [-0.2, 0) is 4.79 Å². The molecule has 4 heteroatoms. The second-order valence-corrected chi connectivity index (χ2v) is 10.8. The van der Waals surface area contributed by atoms with Crippen LogP contribution in [0.3, 0.4) is 0 Å². The van der Waals surface area contributed by atoms with Gasteiger partial charge < -0.3 is 0 Å². The summed E-state index contributed by atoms with van der Waals surface area (Å²) < 4.78 is 2.31. The second-order valence-electron chi connectivity index (χ2n) is 6.45. The van der Waals surface area contributed by atoms with E-state index >= 15 is 0 Å². The summed E-state index contributed by atoms with van der Waals surface area (Å²) >= 11 is -0.237. The fraction of sp³-hybridized carbons (Fsp3) is 0.625. The fourth-order valence-electron chi connectivity index (χ4n) is 3.50. The van der Waals surface area contributed by atoms with Crippen LogP contribution in [-0.4, -0.2) is 31.2 Å².